The van der Waals surface area contributed by atoms with Crippen LogP contribution in [0.1, 0.15) is 26.7 Å². The van der Waals surface area contributed by atoms with Gasteiger partial charge in [0.15, 0.2) is 6.10 Å². The number of ether oxygens (including phenoxy) is 1. The second-order valence-electron chi connectivity index (χ2n) is 4.00. The molecule has 0 fully saturated rings. The van der Waals surface area contributed by atoms with Gasteiger partial charge in [-0.2, -0.15) is 0 Å². The number of amides is 1. The molecule has 1 aromatic rings. The standard InChI is InChI=1S/C13H15Cl2NO3/c1-3-4-12(17)19-8(2)13(18)16-11-6-5-9(14)7-10(11)15/h5-8H,3-4H2,1-2H3,(H,16,18)/t8-/m1/s1. The van der Waals surface area contributed by atoms with Crippen molar-refractivity contribution in [3.05, 3.63) is 28.2 Å². The van der Waals surface area contributed by atoms with Crippen LogP contribution in [0.5, 0.6) is 0 Å². The molecule has 0 aliphatic heterocycles. The molecule has 19 heavy (non-hydrogen) atoms. The Bertz CT molecular complexity index is 477. The van der Waals surface area contributed by atoms with Gasteiger partial charge in [0.2, 0.25) is 0 Å². The molecule has 0 spiro atoms. The minimum atomic E-state index is -0.870. The minimum Gasteiger partial charge on any atom is -0.453 e. The van der Waals surface area contributed by atoms with Crippen molar-refractivity contribution in [2.75, 3.05) is 5.32 Å². The molecule has 0 aliphatic carbocycles. The number of rotatable bonds is 5. The van der Waals surface area contributed by atoms with Gasteiger partial charge in [-0.1, -0.05) is 30.1 Å². The van der Waals surface area contributed by atoms with Crippen LogP contribution in [0.4, 0.5) is 5.69 Å². The van der Waals surface area contributed by atoms with Gasteiger partial charge in [0.1, 0.15) is 0 Å². The first-order valence-corrected chi connectivity index (χ1v) is 6.65. The highest BCUT2D eigenvalue weighted by molar-refractivity contribution is 6.36. The molecule has 0 aromatic heterocycles. The Morgan fingerprint density at radius 2 is 2.05 bits per heavy atom. The molecular weight excluding hydrogens is 289 g/mol. The zero-order valence-electron chi connectivity index (χ0n) is 10.7. The molecule has 1 aromatic carbocycles. The van der Waals surface area contributed by atoms with E-state index in [1.807, 2.05) is 6.92 Å². The summed E-state index contributed by atoms with van der Waals surface area (Å²) in [5.41, 5.74) is 0.425. The number of nitrogens with one attached hydrogen (secondary N) is 1. The monoisotopic (exact) mass is 303 g/mol. The van der Waals surface area contributed by atoms with Gasteiger partial charge in [0.05, 0.1) is 10.7 Å². The van der Waals surface area contributed by atoms with E-state index in [4.69, 9.17) is 27.9 Å². The van der Waals surface area contributed by atoms with E-state index in [0.29, 0.717) is 28.6 Å². The molecule has 0 bridgehead atoms. The Hall–Kier alpha value is -1.26. The van der Waals surface area contributed by atoms with Crippen molar-refractivity contribution in [2.45, 2.75) is 32.8 Å². The molecule has 1 atom stereocenters. The third kappa shape index (κ3) is 5.09. The highest BCUT2D eigenvalue weighted by Gasteiger charge is 2.18. The molecule has 0 saturated heterocycles. The smallest absolute Gasteiger partial charge is 0.306 e. The third-order valence-electron chi connectivity index (χ3n) is 2.32. The van der Waals surface area contributed by atoms with Crippen LogP contribution in [0.25, 0.3) is 0 Å². The largest absolute Gasteiger partial charge is 0.453 e. The number of carbonyl (C=O) groups excluding carboxylic acids is 2. The van der Waals surface area contributed by atoms with Crippen molar-refractivity contribution in [3.63, 3.8) is 0 Å². The molecule has 1 amide bonds. The Labute approximate surface area is 122 Å². The lowest BCUT2D eigenvalue weighted by molar-refractivity contribution is -0.153. The molecule has 4 nitrogen and oxygen atoms in total. The first-order chi connectivity index (χ1) is 8.93. The molecule has 0 heterocycles. The molecule has 1 N–H and O–H groups in total. The van der Waals surface area contributed by atoms with E-state index in [1.54, 1.807) is 12.1 Å². The summed E-state index contributed by atoms with van der Waals surface area (Å²) in [6, 6.07) is 4.71. The van der Waals surface area contributed by atoms with E-state index in [-0.39, 0.29) is 0 Å². The van der Waals surface area contributed by atoms with Crippen LogP contribution >= 0.6 is 23.2 Å². The van der Waals surface area contributed by atoms with Gasteiger partial charge in [-0.05, 0) is 31.5 Å². The van der Waals surface area contributed by atoms with E-state index in [2.05, 4.69) is 5.32 Å². The SMILES string of the molecule is CCCC(=O)O[C@H](C)C(=O)Nc1ccc(Cl)cc1Cl. The summed E-state index contributed by atoms with van der Waals surface area (Å²) in [4.78, 5) is 23.1. The second-order valence-corrected chi connectivity index (χ2v) is 4.84. The van der Waals surface area contributed by atoms with Crippen molar-refractivity contribution in [1.29, 1.82) is 0 Å². The fourth-order valence-corrected chi connectivity index (χ4v) is 1.79. The van der Waals surface area contributed by atoms with Crippen molar-refractivity contribution >= 4 is 40.8 Å². The summed E-state index contributed by atoms with van der Waals surface area (Å²) < 4.78 is 4.97. The zero-order chi connectivity index (χ0) is 14.4. The fourth-order valence-electron chi connectivity index (χ4n) is 1.34. The van der Waals surface area contributed by atoms with E-state index in [9.17, 15) is 9.59 Å². The predicted octanol–water partition coefficient (Wildman–Crippen LogP) is 3.66. The van der Waals surface area contributed by atoms with Crippen LogP contribution < -0.4 is 5.32 Å². The number of benzene rings is 1. The molecular formula is C13H15Cl2NO3. The lowest BCUT2D eigenvalue weighted by Crippen LogP contribution is -2.29. The van der Waals surface area contributed by atoms with Crippen molar-refractivity contribution in [2.24, 2.45) is 0 Å². The summed E-state index contributed by atoms with van der Waals surface area (Å²) in [6.45, 7) is 3.37. The normalized spacial score (nSPS) is 11.8. The van der Waals surface area contributed by atoms with Crippen LogP contribution in [-0.2, 0) is 14.3 Å². The summed E-state index contributed by atoms with van der Waals surface area (Å²) in [5.74, 6) is -0.832. The summed E-state index contributed by atoms with van der Waals surface area (Å²) in [7, 11) is 0. The first-order valence-electron chi connectivity index (χ1n) is 5.89. The van der Waals surface area contributed by atoms with Gasteiger partial charge in [0.25, 0.3) is 5.91 Å². The molecule has 0 saturated carbocycles. The highest BCUT2D eigenvalue weighted by Crippen LogP contribution is 2.25. The highest BCUT2D eigenvalue weighted by atomic mass is 35.5. The summed E-state index contributed by atoms with van der Waals surface area (Å²) in [5, 5.41) is 3.38. The molecule has 6 heteroatoms. The third-order valence-corrected chi connectivity index (χ3v) is 2.87. The van der Waals surface area contributed by atoms with Gasteiger partial charge in [-0.25, -0.2) is 0 Å². The Morgan fingerprint density at radius 3 is 2.63 bits per heavy atom. The molecule has 0 aliphatic rings. The molecule has 104 valence electrons. The van der Waals surface area contributed by atoms with Gasteiger partial charge < -0.3 is 10.1 Å². The average Bonchev–Trinajstić information content (AvgIpc) is 2.32. The second kappa shape index (κ2) is 7.36. The summed E-state index contributed by atoms with van der Waals surface area (Å²) in [6.07, 6.45) is 0.0981. The number of anilines is 1. The topological polar surface area (TPSA) is 55.4 Å². The van der Waals surface area contributed by atoms with Crippen LogP contribution in [0.2, 0.25) is 10.0 Å². The Balaban J connectivity index is 2.61. The quantitative estimate of drug-likeness (QED) is 0.845. The molecule has 1 rings (SSSR count). The zero-order valence-corrected chi connectivity index (χ0v) is 12.2. The van der Waals surface area contributed by atoms with E-state index >= 15 is 0 Å². The minimum absolute atomic E-state index is 0.291. The predicted molar refractivity (Wildman–Crippen MR) is 75.6 cm³/mol. The van der Waals surface area contributed by atoms with E-state index in [0.717, 1.165) is 0 Å². The van der Waals surface area contributed by atoms with Crippen molar-refractivity contribution < 1.29 is 14.3 Å². The van der Waals surface area contributed by atoms with E-state index in [1.165, 1.54) is 13.0 Å². The van der Waals surface area contributed by atoms with Crippen LogP contribution in [0, 0.1) is 0 Å². The van der Waals surface area contributed by atoms with Crippen molar-refractivity contribution in [3.8, 4) is 0 Å². The van der Waals surface area contributed by atoms with Crippen LogP contribution in [0.15, 0.2) is 18.2 Å². The van der Waals surface area contributed by atoms with Gasteiger partial charge in [0, 0.05) is 11.4 Å². The van der Waals surface area contributed by atoms with Gasteiger partial charge in [-0.15, -0.1) is 0 Å². The number of halogens is 2. The number of hydrogen-bond acceptors (Lipinski definition) is 3. The Kier molecular flexibility index (Phi) is 6.12. The lowest BCUT2D eigenvalue weighted by atomic mass is 10.3. The lowest BCUT2D eigenvalue weighted by Gasteiger charge is -2.14. The van der Waals surface area contributed by atoms with Crippen LogP contribution in [-0.4, -0.2) is 18.0 Å². The van der Waals surface area contributed by atoms with Gasteiger partial charge in [-0.3, -0.25) is 9.59 Å². The van der Waals surface area contributed by atoms with Gasteiger partial charge >= 0.3 is 5.97 Å². The average molecular weight is 304 g/mol. The van der Waals surface area contributed by atoms with Crippen molar-refractivity contribution in [1.82, 2.24) is 0 Å². The molecule has 0 unspecified atom stereocenters. The maximum absolute atomic E-state index is 11.8. The molecule has 0 radical (unpaired) electrons. The maximum Gasteiger partial charge on any atom is 0.306 e. The Morgan fingerprint density at radius 1 is 1.37 bits per heavy atom. The summed E-state index contributed by atoms with van der Waals surface area (Å²) >= 11 is 11.7. The fraction of sp³-hybridized carbons (Fsp3) is 0.385. The maximum atomic E-state index is 11.8. The van der Waals surface area contributed by atoms with E-state index < -0.39 is 18.0 Å². The number of hydrogen-bond donors (Lipinski definition) is 1. The number of esters is 1. The van der Waals surface area contributed by atoms with Crippen LogP contribution in [0.3, 0.4) is 0 Å². The number of carbonyl (C=O) groups is 2. The first kappa shape index (κ1) is 15.8.